The first-order chi connectivity index (χ1) is 13.9. The van der Waals surface area contributed by atoms with Gasteiger partial charge in [-0.3, -0.25) is 4.79 Å². The zero-order valence-corrected chi connectivity index (χ0v) is 17.2. The standard InChI is InChI=1S/C21H19ClN2O4S/c1-21(20(26)27,13-28-15-7-3-2-4-8-15)24-18(25)11-14-12-29-19(23-14)16-9-5-6-10-17(16)22/h2-10,12H,11,13H2,1H3,(H,24,25)(H,26,27). The number of ether oxygens (including phenoxy) is 1. The van der Waals surface area contributed by atoms with Crippen LogP contribution in [0.15, 0.2) is 60.0 Å². The Morgan fingerprint density at radius 2 is 1.86 bits per heavy atom. The normalized spacial score (nSPS) is 12.8. The predicted molar refractivity (Wildman–Crippen MR) is 112 cm³/mol. The number of hydrogen-bond acceptors (Lipinski definition) is 5. The highest BCUT2D eigenvalue weighted by Crippen LogP contribution is 2.30. The molecule has 0 spiro atoms. The maximum Gasteiger partial charge on any atom is 0.332 e. The van der Waals surface area contributed by atoms with Gasteiger partial charge in [0.05, 0.1) is 17.1 Å². The van der Waals surface area contributed by atoms with Gasteiger partial charge in [-0.1, -0.05) is 48.0 Å². The van der Waals surface area contributed by atoms with Gasteiger partial charge >= 0.3 is 5.97 Å². The number of aromatic nitrogens is 1. The number of nitrogens with zero attached hydrogens (tertiary/aromatic N) is 1. The summed E-state index contributed by atoms with van der Waals surface area (Å²) in [6.45, 7) is 1.20. The Bertz CT molecular complexity index is 1010. The maximum atomic E-state index is 12.5. The number of para-hydroxylation sites is 1. The first-order valence-corrected chi connectivity index (χ1v) is 10.0. The molecule has 2 N–H and O–H groups in total. The Hall–Kier alpha value is -2.90. The molecule has 2 aromatic carbocycles. The van der Waals surface area contributed by atoms with Crippen molar-refractivity contribution in [3.05, 3.63) is 70.7 Å². The van der Waals surface area contributed by atoms with E-state index in [1.807, 2.05) is 24.3 Å². The van der Waals surface area contributed by atoms with Crippen molar-refractivity contribution < 1.29 is 19.4 Å². The van der Waals surface area contributed by atoms with Crippen LogP contribution in [0.1, 0.15) is 12.6 Å². The lowest BCUT2D eigenvalue weighted by molar-refractivity contribution is -0.148. The summed E-state index contributed by atoms with van der Waals surface area (Å²) >= 11 is 7.56. The highest BCUT2D eigenvalue weighted by atomic mass is 35.5. The number of carbonyl (C=O) groups is 2. The molecule has 1 unspecified atom stereocenters. The average molecular weight is 431 g/mol. The molecule has 1 atom stereocenters. The molecule has 150 valence electrons. The topological polar surface area (TPSA) is 88.5 Å². The third-order valence-corrected chi connectivity index (χ3v) is 5.41. The quantitative estimate of drug-likeness (QED) is 0.563. The number of aliphatic carboxylic acids is 1. The Morgan fingerprint density at radius 1 is 1.17 bits per heavy atom. The number of carboxylic acid groups (broad SMARTS) is 1. The monoisotopic (exact) mass is 430 g/mol. The van der Waals surface area contributed by atoms with Gasteiger partial charge < -0.3 is 15.2 Å². The van der Waals surface area contributed by atoms with Crippen molar-refractivity contribution in [2.45, 2.75) is 18.9 Å². The minimum Gasteiger partial charge on any atom is -0.491 e. The second kappa shape index (κ2) is 9.07. The van der Waals surface area contributed by atoms with E-state index in [2.05, 4.69) is 10.3 Å². The highest BCUT2D eigenvalue weighted by molar-refractivity contribution is 7.13. The van der Waals surface area contributed by atoms with Crippen LogP contribution in [0, 0.1) is 0 Å². The molecule has 3 aromatic rings. The molecule has 0 saturated carbocycles. The zero-order valence-electron chi connectivity index (χ0n) is 15.6. The SMILES string of the molecule is CC(COc1ccccc1)(NC(=O)Cc1csc(-c2ccccc2Cl)n1)C(=O)O. The van der Waals surface area contributed by atoms with E-state index in [1.165, 1.54) is 18.3 Å². The van der Waals surface area contributed by atoms with Crippen LogP contribution < -0.4 is 10.1 Å². The number of rotatable bonds is 8. The van der Waals surface area contributed by atoms with Crippen LogP contribution in [0.3, 0.4) is 0 Å². The second-order valence-corrected chi connectivity index (χ2v) is 7.85. The van der Waals surface area contributed by atoms with Gasteiger partial charge in [0.25, 0.3) is 0 Å². The van der Waals surface area contributed by atoms with Crippen molar-refractivity contribution in [3.63, 3.8) is 0 Å². The van der Waals surface area contributed by atoms with E-state index in [1.54, 1.807) is 35.7 Å². The molecule has 0 aliphatic rings. The number of carboxylic acids is 1. The lowest BCUT2D eigenvalue weighted by Crippen LogP contribution is -2.56. The van der Waals surface area contributed by atoms with Crippen molar-refractivity contribution in [2.75, 3.05) is 6.61 Å². The first-order valence-electron chi connectivity index (χ1n) is 8.79. The van der Waals surface area contributed by atoms with Crippen molar-refractivity contribution in [1.82, 2.24) is 10.3 Å². The number of carbonyl (C=O) groups excluding carboxylic acids is 1. The van der Waals surface area contributed by atoms with E-state index in [0.717, 1.165) is 5.56 Å². The van der Waals surface area contributed by atoms with Gasteiger partial charge in [-0.25, -0.2) is 9.78 Å². The summed E-state index contributed by atoms with van der Waals surface area (Å²) in [6, 6.07) is 16.2. The van der Waals surface area contributed by atoms with Crippen LogP contribution in [0.2, 0.25) is 5.02 Å². The predicted octanol–water partition coefficient (Wildman–Crippen LogP) is 4.04. The molecule has 1 heterocycles. The molecule has 0 fully saturated rings. The van der Waals surface area contributed by atoms with E-state index in [4.69, 9.17) is 16.3 Å². The van der Waals surface area contributed by atoms with Crippen LogP contribution in [0.5, 0.6) is 5.75 Å². The van der Waals surface area contributed by atoms with Gasteiger partial charge in [-0.2, -0.15) is 0 Å². The van der Waals surface area contributed by atoms with Crippen molar-refractivity contribution >= 4 is 34.8 Å². The summed E-state index contributed by atoms with van der Waals surface area (Å²) in [5.41, 5.74) is -0.245. The van der Waals surface area contributed by atoms with Crippen molar-refractivity contribution in [3.8, 4) is 16.3 Å². The average Bonchev–Trinajstić information content (AvgIpc) is 3.15. The largest absolute Gasteiger partial charge is 0.491 e. The van der Waals surface area contributed by atoms with Crippen LogP contribution >= 0.6 is 22.9 Å². The van der Waals surface area contributed by atoms with E-state index in [0.29, 0.717) is 21.5 Å². The summed E-state index contributed by atoms with van der Waals surface area (Å²) in [7, 11) is 0. The van der Waals surface area contributed by atoms with E-state index in [9.17, 15) is 14.7 Å². The molecule has 1 aromatic heterocycles. The number of halogens is 1. The number of nitrogens with one attached hydrogen (secondary N) is 1. The molecule has 0 aliphatic heterocycles. The molecule has 0 bridgehead atoms. The number of amides is 1. The Balaban J connectivity index is 1.65. The Morgan fingerprint density at radius 3 is 2.55 bits per heavy atom. The number of benzene rings is 2. The number of hydrogen-bond donors (Lipinski definition) is 2. The third kappa shape index (κ3) is 5.34. The minimum atomic E-state index is -1.57. The Labute approximate surface area is 177 Å². The molecule has 3 rings (SSSR count). The maximum absolute atomic E-state index is 12.5. The Kier molecular flexibility index (Phi) is 6.51. The molecule has 0 saturated heterocycles. The van der Waals surface area contributed by atoms with Gasteiger partial charge in [-0.05, 0) is 25.1 Å². The zero-order chi connectivity index (χ0) is 20.9. The fourth-order valence-electron chi connectivity index (χ4n) is 2.56. The fraction of sp³-hybridized carbons (Fsp3) is 0.190. The van der Waals surface area contributed by atoms with Crippen LogP contribution in [-0.4, -0.2) is 34.1 Å². The smallest absolute Gasteiger partial charge is 0.332 e. The van der Waals surface area contributed by atoms with Crippen LogP contribution in [-0.2, 0) is 16.0 Å². The molecule has 8 heteroatoms. The van der Waals surface area contributed by atoms with E-state index < -0.39 is 17.4 Å². The first kappa shape index (κ1) is 20.8. The molecule has 6 nitrogen and oxygen atoms in total. The summed E-state index contributed by atoms with van der Waals surface area (Å²) in [5, 5.41) is 15.2. The highest BCUT2D eigenvalue weighted by Gasteiger charge is 2.36. The van der Waals surface area contributed by atoms with Gasteiger partial charge in [0.15, 0.2) is 5.54 Å². The van der Waals surface area contributed by atoms with Gasteiger partial charge in [0.2, 0.25) is 5.91 Å². The van der Waals surface area contributed by atoms with Crippen LogP contribution in [0.25, 0.3) is 10.6 Å². The summed E-state index contributed by atoms with van der Waals surface area (Å²) in [4.78, 5) is 28.6. The molecule has 1 amide bonds. The minimum absolute atomic E-state index is 0.0465. The molecule has 29 heavy (non-hydrogen) atoms. The molecule has 0 radical (unpaired) electrons. The van der Waals surface area contributed by atoms with Gasteiger partial charge in [0, 0.05) is 10.9 Å². The fourth-order valence-corrected chi connectivity index (χ4v) is 3.70. The van der Waals surface area contributed by atoms with E-state index >= 15 is 0 Å². The van der Waals surface area contributed by atoms with Gasteiger partial charge in [0.1, 0.15) is 17.4 Å². The second-order valence-electron chi connectivity index (χ2n) is 6.59. The lowest BCUT2D eigenvalue weighted by Gasteiger charge is -2.26. The van der Waals surface area contributed by atoms with E-state index in [-0.39, 0.29) is 13.0 Å². The number of thiazole rings is 1. The van der Waals surface area contributed by atoms with Crippen molar-refractivity contribution in [1.29, 1.82) is 0 Å². The summed E-state index contributed by atoms with van der Waals surface area (Å²) in [6.07, 6.45) is -0.0465. The third-order valence-electron chi connectivity index (χ3n) is 4.16. The summed E-state index contributed by atoms with van der Waals surface area (Å²) < 4.78 is 5.53. The van der Waals surface area contributed by atoms with Crippen molar-refractivity contribution in [2.24, 2.45) is 0 Å². The lowest BCUT2D eigenvalue weighted by atomic mass is 10.0. The summed E-state index contributed by atoms with van der Waals surface area (Å²) in [5.74, 6) is -1.11. The molecular formula is C21H19ClN2O4S. The van der Waals surface area contributed by atoms with Gasteiger partial charge in [-0.15, -0.1) is 11.3 Å². The molecular weight excluding hydrogens is 412 g/mol. The van der Waals surface area contributed by atoms with Crippen LogP contribution in [0.4, 0.5) is 0 Å². The molecule has 0 aliphatic carbocycles.